The summed E-state index contributed by atoms with van der Waals surface area (Å²) in [5, 5.41) is 0. The summed E-state index contributed by atoms with van der Waals surface area (Å²) in [4.78, 5) is 0. The zero-order valence-electron chi connectivity index (χ0n) is 7.57. The Morgan fingerprint density at radius 1 is 0.471 bits per heavy atom. The normalized spacial score (nSPS) is 10.2. The van der Waals surface area contributed by atoms with Crippen molar-refractivity contribution in [2.75, 3.05) is 0 Å². The first kappa shape index (κ1) is 30.3. The monoisotopic (exact) mass is 357 g/mol. The van der Waals surface area contributed by atoms with Crippen molar-refractivity contribution in [2.24, 2.45) is 0 Å². The minimum absolute atomic E-state index is 0. The molecule has 0 aliphatic rings. The fourth-order valence-corrected chi connectivity index (χ4v) is 0. The standard InChI is InChI=1S/H3N.3H2O4S.V/c;3*1-5(2,3)4;/h1H3;3*(H2,1,2,3,4);/p-5. The molecule has 0 fully saturated rings. The molecule has 0 bridgehead atoms. The molecule has 0 heterocycles. The summed E-state index contributed by atoms with van der Waals surface area (Å²) in [6, 6.07) is 0. The van der Waals surface area contributed by atoms with E-state index in [0.29, 0.717) is 0 Å². The summed E-state index contributed by atoms with van der Waals surface area (Å²) in [7, 11) is -15.5. The first-order chi connectivity index (χ1) is 6.00. The van der Waals surface area contributed by atoms with Crippen molar-refractivity contribution in [3.05, 3.63) is 0 Å². The van der Waals surface area contributed by atoms with Gasteiger partial charge in [0, 0.05) is 49.8 Å². The molecule has 17 heteroatoms. The second kappa shape index (κ2) is 11.3. The minimum Gasteiger partial charge on any atom is -0.759 e. The number of hydrogen-bond acceptors (Lipinski definition) is 12. The van der Waals surface area contributed by atoms with Gasteiger partial charge >= 0.3 is 0 Å². The molecule has 17 heavy (non-hydrogen) atoms. The Kier molecular flexibility index (Phi) is 20.1. The molecule has 0 aromatic carbocycles. The third kappa shape index (κ3) is 136000. The van der Waals surface area contributed by atoms with Gasteiger partial charge < -0.3 is 33.5 Å². The summed E-state index contributed by atoms with van der Waals surface area (Å²) < 4.78 is 102. The molecule has 0 rings (SSSR count). The van der Waals surface area contributed by atoms with Crippen LogP contribution in [0.4, 0.5) is 0 Å². The first-order valence-corrected chi connectivity index (χ1v) is 6.00. The van der Waals surface area contributed by atoms with E-state index >= 15 is 0 Å². The predicted octanol–water partition coefficient (Wildman–Crippen LogP) is -3.64. The largest absolute Gasteiger partial charge is 0.759 e. The van der Waals surface area contributed by atoms with E-state index in [-0.39, 0.29) is 24.7 Å². The molecule has 0 spiro atoms. The van der Waals surface area contributed by atoms with Crippen LogP contribution in [0.3, 0.4) is 0 Å². The van der Waals surface area contributed by atoms with Crippen LogP contribution < -0.4 is 6.15 Å². The number of rotatable bonds is 0. The van der Waals surface area contributed by atoms with Crippen molar-refractivity contribution >= 4 is 31.2 Å². The Bertz CT molecular complexity index is 343. The van der Waals surface area contributed by atoms with Crippen molar-refractivity contribution < 1.29 is 71.1 Å². The van der Waals surface area contributed by atoms with Crippen LogP contribution in [0.5, 0.6) is 0 Å². The van der Waals surface area contributed by atoms with Crippen molar-refractivity contribution in [3.63, 3.8) is 0 Å². The third-order valence-electron chi connectivity index (χ3n) is 0. The molecule has 0 aliphatic heterocycles. The van der Waals surface area contributed by atoms with Gasteiger partial charge in [-0.3, -0.25) is 25.3 Å². The summed E-state index contributed by atoms with van der Waals surface area (Å²) in [6.45, 7) is 0. The zero-order chi connectivity index (χ0) is 13.5. The van der Waals surface area contributed by atoms with E-state index in [0.717, 1.165) is 0 Å². The molecule has 0 unspecified atom stereocenters. The topological polar surface area (TPSA) is 277 Å². The van der Waals surface area contributed by atoms with Gasteiger partial charge in [-0.05, 0) is 0 Å². The quantitative estimate of drug-likeness (QED) is 0.324. The Labute approximate surface area is 108 Å². The molecule has 0 amide bonds. The smallest absolute Gasteiger partial charge is 0.0311 e. The van der Waals surface area contributed by atoms with Crippen LogP contribution in [0.15, 0.2) is 0 Å². The minimum atomic E-state index is -5.17. The summed E-state index contributed by atoms with van der Waals surface area (Å²) >= 11 is 0. The zero-order valence-corrected chi connectivity index (χ0v) is 11.4. The SMILES string of the molecule is O=S(=O)([O-])[O-].O=S(=O)([O-])[O-].O=S(=O)([O-])[O-].[NH4+].[V]. The van der Waals surface area contributed by atoms with Gasteiger partial charge in [0.15, 0.2) is 0 Å². The van der Waals surface area contributed by atoms with Gasteiger partial charge in [-0.25, -0.2) is 0 Å². The number of quaternary nitrogens is 1. The second-order valence-electron chi connectivity index (χ2n) is 1.22. The molecule has 0 atom stereocenters. The molecule has 0 saturated carbocycles. The van der Waals surface area contributed by atoms with E-state index in [2.05, 4.69) is 0 Å². The average Bonchev–Trinajstić information content (AvgIpc) is 1.41. The van der Waals surface area contributed by atoms with Crippen LogP contribution >= 0.6 is 0 Å². The van der Waals surface area contributed by atoms with E-state index in [1.807, 2.05) is 0 Å². The van der Waals surface area contributed by atoms with Gasteiger partial charge in [0.1, 0.15) is 0 Å². The Morgan fingerprint density at radius 2 is 0.471 bits per heavy atom. The van der Waals surface area contributed by atoms with Crippen LogP contribution in [0.1, 0.15) is 0 Å². The Hall–Kier alpha value is 0.154. The molecule has 0 saturated heterocycles. The molecule has 0 aromatic heterocycles. The van der Waals surface area contributed by atoms with Gasteiger partial charge in [0.25, 0.3) is 0 Å². The van der Waals surface area contributed by atoms with Gasteiger partial charge in [-0.1, -0.05) is 0 Å². The summed E-state index contributed by atoms with van der Waals surface area (Å²) in [5.74, 6) is 0. The Morgan fingerprint density at radius 3 is 0.471 bits per heavy atom. The van der Waals surface area contributed by atoms with Gasteiger partial charge in [-0.2, -0.15) is 0 Å². The van der Waals surface area contributed by atoms with Gasteiger partial charge in [-0.15, -0.1) is 0 Å². The van der Waals surface area contributed by atoms with E-state index in [1.54, 1.807) is 0 Å². The summed E-state index contributed by atoms with van der Waals surface area (Å²) in [5.41, 5.74) is 0. The van der Waals surface area contributed by atoms with Gasteiger partial charge in [0.05, 0.1) is 0 Å². The molecular weight excluding hydrogens is 353 g/mol. The van der Waals surface area contributed by atoms with Crippen LogP contribution in [0.2, 0.25) is 0 Å². The van der Waals surface area contributed by atoms with E-state index in [9.17, 15) is 0 Å². The maximum Gasteiger partial charge on any atom is 0.0311 e. The average molecular weight is 357 g/mol. The second-order valence-corrected chi connectivity index (χ2v) is 3.67. The van der Waals surface area contributed by atoms with Gasteiger partial charge in [0.2, 0.25) is 0 Å². The van der Waals surface area contributed by atoms with E-state index in [4.69, 9.17) is 52.6 Å². The molecule has 13 nitrogen and oxygen atoms in total. The van der Waals surface area contributed by atoms with Crippen molar-refractivity contribution in [1.82, 2.24) is 6.15 Å². The molecule has 4 N–H and O–H groups in total. The van der Waals surface area contributed by atoms with Crippen LogP contribution in [-0.2, 0) is 49.8 Å². The fraction of sp³-hybridized carbons (Fsp3) is 0. The van der Waals surface area contributed by atoms with Crippen LogP contribution in [-0.4, -0.2) is 52.6 Å². The van der Waals surface area contributed by atoms with Crippen molar-refractivity contribution in [3.8, 4) is 0 Å². The van der Waals surface area contributed by atoms with Crippen molar-refractivity contribution in [2.45, 2.75) is 0 Å². The van der Waals surface area contributed by atoms with E-state index in [1.165, 1.54) is 0 Å². The maximum absolute atomic E-state index is 8.52. The fourth-order valence-electron chi connectivity index (χ4n) is 0. The van der Waals surface area contributed by atoms with E-state index < -0.39 is 31.2 Å². The summed E-state index contributed by atoms with van der Waals surface area (Å²) in [6.07, 6.45) is 0. The maximum atomic E-state index is 8.52. The third-order valence-corrected chi connectivity index (χ3v) is 0. The molecule has 0 aromatic rings. The van der Waals surface area contributed by atoms with Crippen molar-refractivity contribution in [1.29, 1.82) is 0 Å². The molecule has 0 aliphatic carbocycles. The molecule has 1 radical (unpaired) electrons. The predicted molar refractivity (Wildman–Crippen MR) is 37.4 cm³/mol. The number of hydrogen-bond donors (Lipinski definition) is 1. The molecule has 109 valence electrons. The van der Waals surface area contributed by atoms with Crippen LogP contribution in [0, 0.1) is 0 Å². The first-order valence-electron chi connectivity index (χ1n) is 2.00. The van der Waals surface area contributed by atoms with Crippen LogP contribution in [0.25, 0.3) is 0 Å². The Balaban J connectivity index is -0.0000000400. The molecular formula is H4NO12S3V-5.